The average molecular weight is 374 g/mol. The second-order valence-corrected chi connectivity index (χ2v) is 4.91. The fourth-order valence-electron chi connectivity index (χ4n) is 1.58. The van der Waals surface area contributed by atoms with Crippen LogP contribution in [-0.2, 0) is 9.53 Å². The molecule has 0 aliphatic rings. The number of carbonyl (C=O) groups is 1. The van der Waals surface area contributed by atoms with E-state index in [2.05, 4.69) is 15.1 Å². The second kappa shape index (κ2) is 7.89. The summed E-state index contributed by atoms with van der Waals surface area (Å²) in [5, 5.41) is 13.0. The van der Waals surface area contributed by atoms with Crippen LogP contribution in [0.4, 0.5) is 10.3 Å². The van der Waals surface area contributed by atoms with Crippen molar-refractivity contribution < 1.29 is 23.6 Å². The van der Waals surface area contributed by atoms with Gasteiger partial charge < -0.3 is 14.4 Å². The second-order valence-electron chi connectivity index (χ2n) is 4.19. The lowest BCUT2D eigenvalue weighted by Crippen LogP contribution is -2.11. The van der Waals surface area contributed by atoms with Crippen LogP contribution < -0.4 is 0 Å². The Balaban J connectivity index is 2.53. The Hall–Kier alpha value is -2.45. The topological polar surface area (TPSA) is 97.8 Å². The predicted molar refractivity (Wildman–Crippen MR) is 85.1 cm³/mol. The highest BCUT2D eigenvalue weighted by Gasteiger charge is 2.20. The smallest absolute Gasteiger partial charge is 0.343 e. The van der Waals surface area contributed by atoms with E-state index in [1.165, 1.54) is 12.3 Å². The third-order valence-corrected chi connectivity index (χ3v) is 3.19. The molecule has 0 aromatic carbocycles. The van der Waals surface area contributed by atoms with E-state index in [1.807, 2.05) is 0 Å². The Morgan fingerprint density at radius 3 is 2.88 bits per heavy atom. The van der Waals surface area contributed by atoms with E-state index >= 15 is 0 Å². The average Bonchev–Trinajstić information content (AvgIpc) is 3.04. The summed E-state index contributed by atoms with van der Waals surface area (Å²) in [5.74, 6) is -2.41. The van der Waals surface area contributed by atoms with Gasteiger partial charge in [-0.3, -0.25) is 0 Å². The SMILES string of the molecule is CCOC(=O)C(/C=N/c1ccno1)=C(/O)c1cc(F)c(Cl)nc1Cl. The van der Waals surface area contributed by atoms with Crippen molar-refractivity contribution in [2.24, 2.45) is 4.99 Å². The predicted octanol–water partition coefficient (Wildman–Crippen LogP) is 3.75. The van der Waals surface area contributed by atoms with Crippen LogP contribution >= 0.6 is 23.2 Å². The van der Waals surface area contributed by atoms with Crippen molar-refractivity contribution in [3.63, 3.8) is 0 Å². The van der Waals surface area contributed by atoms with Crippen LogP contribution in [0.2, 0.25) is 10.3 Å². The number of pyridine rings is 1. The van der Waals surface area contributed by atoms with Crippen molar-refractivity contribution in [2.75, 3.05) is 6.61 Å². The minimum Gasteiger partial charge on any atom is -0.506 e. The first kappa shape index (κ1) is 17.9. The normalized spacial score (nSPS) is 12.3. The van der Waals surface area contributed by atoms with Crippen molar-refractivity contribution in [1.82, 2.24) is 10.1 Å². The first-order valence-corrected chi connectivity index (χ1v) is 7.26. The summed E-state index contributed by atoms with van der Waals surface area (Å²) in [6.07, 6.45) is 2.33. The van der Waals surface area contributed by atoms with Crippen LogP contribution in [0, 0.1) is 5.82 Å². The Kier molecular flexibility index (Phi) is 5.88. The summed E-state index contributed by atoms with van der Waals surface area (Å²) < 4.78 is 23.2. The molecule has 2 rings (SSSR count). The summed E-state index contributed by atoms with van der Waals surface area (Å²) in [6.45, 7) is 1.63. The van der Waals surface area contributed by atoms with Crippen molar-refractivity contribution >= 4 is 47.0 Å². The lowest BCUT2D eigenvalue weighted by Gasteiger charge is -2.08. The Morgan fingerprint density at radius 1 is 1.50 bits per heavy atom. The van der Waals surface area contributed by atoms with Crippen LogP contribution in [0.3, 0.4) is 0 Å². The number of halogens is 3. The van der Waals surface area contributed by atoms with E-state index < -0.39 is 22.7 Å². The molecule has 0 saturated heterocycles. The molecule has 24 heavy (non-hydrogen) atoms. The number of hydrogen-bond acceptors (Lipinski definition) is 7. The van der Waals surface area contributed by atoms with Crippen molar-refractivity contribution in [2.45, 2.75) is 6.92 Å². The van der Waals surface area contributed by atoms with Crippen LogP contribution in [0.25, 0.3) is 5.76 Å². The maximum atomic E-state index is 13.6. The van der Waals surface area contributed by atoms with Crippen LogP contribution in [-0.4, -0.2) is 34.0 Å². The molecule has 0 aliphatic carbocycles. The molecule has 10 heteroatoms. The molecule has 0 unspecified atom stereocenters. The fraction of sp³-hybridized carbons (Fsp3) is 0.143. The number of esters is 1. The number of rotatable bonds is 5. The Labute approximate surface area is 145 Å². The van der Waals surface area contributed by atoms with Crippen molar-refractivity contribution in [1.29, 1.82) is 0 Å². The first-order valence-electron chi connectivity index (χ1n) is 6.51. The van der Waals surface area contributed by atoms with Crippen LogP contribution in [0.15, 0.2) is 33.4 Å². The molecule has 1 N–H and O–H groups in total. The third-order valence-electron chi connectivity index (χ3n) is 2.64. The minimum absolute atomic E-state index is 0.0483. The molecule has 126 valence electrons. The van der Waals surface area contributed by atoms with Gasteiger partial charge in [0, 0.05) is 12.3 Å². The van der Waals surface area contributed by atoms with Gasteiger partial charge in [0.05, 0.1) is 18.4 Å². The molecule has 0 spiro atoms. The first-order chi connectivity index (χ1) is 11.4. The molecule has 0 radical (unpaired) electrons. The Bertz CT molecular complexity index is 807. The highest BCUT2D eigenvalue weighted by atomic mass is 35.5. The van der Waals surface area contributed by atoms with E-state index in [-0.39, 0.29) is 28.8 Å². The monoisotopic (exact) mass is 373 g/mol. The Morgan fingerprint density at radius 2 is 2.25 bits per heavy atom. The van der Waals surface area contributed by atoms with Gasteiger partial charge >= 0.3 is 5.97 Å². The molecule has 0 aliphatic heterocycles. The molecule has 0 fully saturated rings. The molecule has 0 saturated carbocycles. The van der Waals surface area contributed by atoms with Crippen LogP contribution in [0.1, 0.15) is 12.5 Å². The third kappa shape index (κ3) is 4.09. The molecule has 2 aromatic heterocycles. The van der Waals surface area contributed by atoms with Gasteiger partial charge in [-0.15, -0.1) is 0 Å². The molecule has 0 amide bonds. The summed E-state index contributed by atoms with van der Waals surface area (Å²) in [6, 6.07) is 2.27. The molecule has 7 nitrogen and oxygen atoms in total. The lowest BCUT2D eigenvalue weighted by molar-refractivity contribution is -0.137. The molecular weight excluding hydrogens is 364 g/mol. The quantitative estimate of drug-likeness (QED) is 0.281. The molecule has 2 heterocycles. The van der Waals surface area contributed by atoms with E-state index in [9.17, 15) is 14.3 Å². The number of hydrogen-bond donors (Lipinski definition) is 1. The summed E-state index contributed by atoms with van der Waals surface area (Å²) in [7, 11) is 0. The van der Waals surface area contributed by atoms with Gasteiger partial charge in [0.2, 0.25) is 5.88 Å². The van der Waals surface area contributed by atoms with Gasteiger partial charge in [-0.25, -0.2) is 19.2 Å². The zero-order valence-electron chi connectivity index (χ0n) is 12.2. The highest BCUT2D eigenvalue weighted by molar-refractivity contribution is 6.34. The number of carbonyl (C=O) groups excluding carboxylic acids is 1. The van der Waals surface area contributed by atoms with E-state index in [0.717, 1.165) is 12.3 Å². The largest absolute Gasteiger partial charge is 0.506 e. The zero-order chi connectivity index (χ0) is 17.7. The number of nitrogens with zero attached hydrogens (tertiary/aromatic N) is 3. The van der Waals surface area contributed by atoms with Gasteiger partial charge in [-0.2, -0.15) is 0 Å². The minimum atomic E-state index is -0.919. The van der Waals surface area contributed by atoms with Crippen LogP contribution in [0.5, 0.6) is 0 Å². The van der Waals surface area contributed by atoms with Gasteiger partial charge in [0.1, 0.15) is 16.5 Å². The van der Waals surface area contributed by atoms with Gasteiger partial charge in [-0.05, 0) is 13.0 Å². The van der Waals surface area contributed by atoms with E-state index in [4.69, 9.17) is 32.5 Å². The molecular formula is C14H10Cl2FN3O4. The van der Waals surface area contributed by atoms with Gasteiger partial charge in [-0.1, -0.05) is 28.4 Å². The number of aliphatic hydroxyl groups is 1. The number of aliphatic imine (C=N–C) groups is 1. The summed E-state index contributed by atoms with van der Waals surface area (Å²) in [4.78, 5) is 19.4. The van der Waals surface area contributed by atoms with Gasteiger partial charge in [0.25, 0.3) is 0 Å². The number of aromatic nitrogens is 2. The maximum Gasteiger partial charge on any atom is 0.343 e. The molecule has 2 aromatic rings. The number of aliphatic hydroxyl groups excluding tert-OH is 1. The van der Waals surface area contributed by atoms with E-state index in [0.29, 0.717) is 0 Å². The molecule has 0 bridgehead atoms. The summed E-state index contributed by atoms with van der Waals surface area (Å²) >= 11 is 11.3. The fourth-order valence-corrected chi connectivity index (χ4v) is 1.99. The van der Waals surface area contributed by atoms with Gasteiger partial charge in [0.15, 0.2) is 11.0 Å². The lowest BCUT2D eigenvalue weighted by atomic mass is 10.1. The summed E-state index contributed by atoms with van der Waals surface area (Å²) in [5.41, 5.74) is -0.621. The van der Waals surface area contributed by atoms with Crippen molar-refractivity contribution in [3.05, 3.63) is 45.6 Å². The molecule has 0 atom stereocenters. The highest BCUT2D eigenvalue weighted by Crippen LogP contribution is 2.27. The standard InChI is InChI=1S/C14H10Cl2FN3O4/c1-2-23-14(22)8(6-18-10-3-4-19-24-10)11(21)7-5-9(17)13(16)20-12(7)15/h3-6,21H,2H2,1H3/b11-8+,18-6+. The zero-order valence-corrected chi connectivity index (χ0v) is 13.7. The van der Waals surface area contributed by atoms with E-state index in [1.54, 1.807) is 6.92 Å². The van der Waals surface area contributed by atoms with Crippen molar-refractivity contribution in [3.8, 4) is 0 Å². The number of ether oxygens (including phenoxy) is 1. The maximum absolute atomic E-state index is 13.6.